The summed E-state index contributed by atoms with van der Waals surface area (Å²) in [5.74, 6) is -3.10. The van der Waals surface area contributed by atoms with Crippen molar-refractivity contribution < 1.29 is 55.3 Å². The van der Waals surface area contributed by atoms with Gasteiger partial charge in [0.05, 0.1) is 22.7 Å². The molecule has 0 aliphatic rings. The van der Waals surface area contributed by atoms with Gasteiger partial charge in [0.2, 0.25) is 0 Å². The number of carbonyl (C=O) groups is 2. The number of carboxylic acid groups (broad SMARTS) is 1. The Kier molecular flexibility index (Phi) is 12.8. The molecule has 3 unspecified atom stereocenters. The van der Waals surface area contributed by atoms with Crippen LogP contribution in [0.15, 0.2) is 97.1 Å². The molecule has 284 valence electrons. The van der Waals surface area contributed by atoms with E-state index < -0.39 is 59.2 Å². The van der Waals surface area contributed by atoms with Gasteiger partial charge in [-0.15, -0.1) is 5.48 Å². The number of aryl methyl sites for hydroxylation is 2. The molecule has 0 saturated carbocycles. The predicted molar refractivity (Wildman–Crippen MR) is 184 cm³/mol. The highest BCUT2D eigenvalue weighted by molar-refractivity contribution is 6.28. The maximum absolute atomic E-state index is 13.4. The van der Waals surface area contributed by atoms with Crippen LogP contribution in [0, 0.1) is 13.8 Å². The van der Waals surface area contributed by atoms with E-state index in [0.717, 1.165) is 41.0 Å². The number of hydrogen-bond acceptors (Lipinski definition) is 7. The highest BCUT2D eigenvalue weighted by Crippen LogP contribution is 2.37. The van der Waals surface area contributed by atoms with Crippen molar-refractivity contribution in [1.82, 2.24) is 10.4 Å². The predicted octanol–water partition coefficient (Wildman–Crippen LogP) is 8.88. The molecular formula is C39H40F6N2O6. The van der Waals surface area contributed by atoms with Crippen LogP contribution in [-0.2, 0) is 26.8 Å². The lowest BCUT2D eigenvalue weighted by molar-refractivity contribution is -0.174. The van der Waals surface area contributed by atoms with Crippen molar-refractivity contribution in [3.05, 3.63) is 130 Å². The fourth-order valence-electron chi connectivity index (χ4n) is 5.80. The number of rotatable bonds is 14. The van der Waals surface area contributed by atoms with Gasteiger partial charge in [0.15, 0.2) is 0 Å². The Morgan fingerprint density at radius 3 is 1.57 bits per heavy atom. The van der Waals surface area contributed by atoms with E-state index in [-0.39, 0.29) is 24.5 Å². The monoisotopic (exact) mass is 746 g/mol. The van der Waals surface area contributed by atoms with Gasteiger partial charge in [0.25, 0.3) is 0 Å². The number of alkyl halides is 6. The molecule has 4 aromatic rings. The van der Waals surface area contributed by atoms with E-state index in [1.807, 2.05) is 55.1 Å². The van der Waals surface area contributed by atoms with Crippen LogP contribution in [0.1, 0.15) is 65.9 Å². The first-order valence-corrected chi connectivity index (χ1v) is 16.5. The Morgan fingerprint density at radius 1 is 0.698 bits per heavy atom. The second-order valence-corrected chi connectivity index (χ2v) is 13.2. The summed E-state index contributed by atoms with van der Waals surface area (Å²) in [5, 5.41) is 9.16. The number of carboxylic acids is 1. The van der Waals surface area contributed by atoms with Crippen LogP contribution in [0.5, 0.6) is 11.5 Å². The first-order chi connectivity index (χ1) is 24.7. The largest absolute Gasteiger partial charge is 0.486 e. The number of nitrogens with one attached hydrogen (secondary N) is 1. The molecule has 4 aromatic carbocycles. The van der Waals surface area contributed by atoms with E-state index in [1.54, 1.807) is 33.0 Å². The number of hydrogen-bond donors (Lipinski definition) is 2. The molecular weight excluding hydrogens is 706 g/mol. The normalized spacial score (nSPS) is 14.0. The molecule has 0 heterocycles. The van der Waals surface area contributed by atoms with Crippen LogP contribution < -0.4 is 15.0 Å². The van der Waals surface area contributed by atoms with E-state index in [9.17, 15) is 35.9 Å². The number of benzene rings is 4. The molecule has 0 radical (unpaired) electrons. The van der Waals surface area contributed by atoms with Gasteiger partial charge in [-0.2, -0.15) is 26.3 Å². The highest BCUT2D eigenvalue weighted by atomic mass is 19.4. The first-order valence-electron chi connectivity index (χ1n) is 16.5. The molecule has 0 spiro atoms. The van der Waals surface area contributed by atoms with Crippen LogP contribution in [-0.4, -0.2) is 47.1 Å². The smallest absolute Gasteiger partial charge is 0.435 e. The molecule has 53 heavy (non-hydrogen) atoms. The van der Waals surface area contributed by atoms with Gasteiger partial charge in [-0.3, -0.25) is 4.90 Å². The quantitative estimate of drug-likeness (QED) is 0.0751. The van der Waals surface area contributed by atoms with Gasteiger partial charge in [-0.1, -0.05) is 59.7 Å². The van der Waals surface area contributed by atoms with Gasteiger partial charge in [0, 0.05) is 13.0 Å². The van der Waals surface area contributed by atoms with Crippen LogP contribution in [0.2, 0.25) is 0 Å². The van der Waals surface area contributed by atoms with E-state index in [0.29, 0.717) is 5.56 Å². The Morgan fingerprint density at radius 2 is 1.13 bits per heavy atom. The summed E-state index contributed by atoms with van der Waals surface area (Å²) in [6, 6.07) is 22.3. The minimum atomic E-state index is -4.58. The fourth-order valence-corrected chi connectivity index (χ4v) is 5.80. The molecule has 0 bridgehead atoms. The molecule has 0 aliphatic heterocycles. The van der Waals surface area contributed by atoms with Gasteiger partial charge in [-0.25, -0.2) is 9.59 Å². The number of carbonyl (C=O) groups excluding carboxylic acids is 1. The maximum atomic E-state index is 13.4. The van der Waals surface area contributed by atoms with Crippen LogP contribution >= 0.6 is 0 Å². The van der Waals surface area contributed by atoms with Gasteiger partial charge < -0.3 is 19.4 Å². The van der Waals surface area contributed by atoms with Crippen molar-refractivity contribution in [2.24, 2.45) is 0 Å². The zero-order valence-electron chi connectivity index (χ0n) is 29.6. The maximum Gasteiger partial charge on any atom is 0.435 e. The second-order valence-electron chi connectivity index (χ2n) is 13.2. The van der Waals surface area contributed by atoms with Crippen molar-refractivity contribution in [1.29, 1.82) is 0 Å². The Bertz CT molecular complexity index is 1810. The summed E-state index contributed by atoms with van der Waals surface area (Å²) in [7, 11) is 1.73. The lowest BCUT2D eigenvalue weighted by Gasteiger charge is -2.44. The third-order valence-corrected chi connectivity index (χ3v) is 8.59. The van der Waals surface area contributed by atoms with Crippen molar-refractivity contribution in [3.63, 3.8) is 0 Å². The number of aliphatic carboxylic acids is 1. The third-order valence-electron chi connectivity index (χ3n) is 8.59. The molecule has 2 N–H and O–H groups in total. The summed E-state index contributed by atoms with van der Waals surface area (Å²) in [4.78, 5) is 30.1. The number of likely N-dealkylation sites (N-methyl/N-ethyl adjacent to an activating group) is 1. The van der Waals surface area contributed by atoms with E-state index in [4.69, 9.17) is 19.4 Å². The average molecular weight is 747 g/mol. The molecule has 0 aliphatic carbocycles. The van der Waals surface area contributed by atoms with Gasteiger partial charge >= 0.3 is 24.3 Å². The third kappa shape index (κ3) is 11.2. The second kappa shape index (κ2) is 16.7. The van der Waals surface area contributed by atoms with Gasteiger partial charge in [0.1, 0.15) is 23.7 Å². The Hall–Kier alpha value is -5.08. The molecule has 4 rings (SSSR count). The zero-order valence-corrected chi connectivity index (χ0v) is 29.6. The first kappa shape index (κ1) is 40.7. The fraction of sp³-hybridized carbons (Fsp3) is 0.333. The number of nitrogens with zero attached hydrogens (tertiary/aromatic N) is 1. The Balaban J connectivity index is 1.73. The molecule has 3 atom stereocenters. The molecule has 0 aromatic heterocycles. The lowest BCUT2D eigenvalue weighted by atomic mass is 9.85. The van der Waals surface area contributed by atoms with E-state index in [1.165, 1.54) is 24.3 Å². The van der Waals surface area contributed by atoms with Crippen molar-refractivity contribution in [2.75, 3.05) is 13.6 Å². The topological polar surface area (TPSA) is 97.3 Å². The van der Waals surface area contributed by atoms with Crippen LogP contribution in [0.3, 0.4) is 0 Å². The summed E-state index contributed by atoms with van der Waals surface area (Å²) in [5.41, 5.74) is 2.80. The minimum Gasteiger partial charge on any atom is -0.486 e. The number of hydroxylamine groups is 1. The Labute approximate surface area is 303 Å². The zero-order chi connectivity index (χ0) is 39.1. The molecule has 14 heteroatoms. The van der Waals surface area contributed by atoms with Crippen LogP contribution in [0.25, 0.3) is 0 Å². The van der Waals surface area contributed by atoms with E-state index >= 15 is 0 Å². The summed E-state index contributed by atoms with van der Waals surface area (Å²) in [6.45, 7) is 7.27. The summed E-state index contributed by atoms with van der Waals surface area (Å²) >= 11 is 0. The van der Waals surface area contributed by atoms with Crippen molar-refractivity contribution in [3.8, 4) is 11.5 Å². The molecule has 0 amide bonds. The van der Waals surface area contributed by atoms with E-state index in [2.05, 4.69) is 5.48 Å². The van der Waals surface area contributed by atoms with Crippen molar-refractivity contribution >= 4 is 11.9 Å². The number of halogens is 6. The highest BCUT2D eigenvalue weighted by Gasteiger charge is 2.43. The average Bonchev–Trinajstić information content (AvgIpc) is 3.09. The summed E-state index contributed by atoms with van der Waals surface area (Å²) in [6.07, 6.45) is -10.5. The van der Waals surface area contributed by atoms with Crippen molar-refractivity contribution in [2.45, 2.75) is 70.3 Å². The molecule has 8 nitrogen and oxygen atoms in total. The SMILES string of the molecule is Cc1ccc(C(CCN(C)C(C(Oc2ccc(C(F)(F)F)cc2)c2ccc(C)cc2)C(C)(C)NOC(=O)C(=O)O)Oc2ccc(C(F)(F)F)cc2)cc1. The standard InChI is InChI=1S/C39H40F6N2O6/c1-24-6-10-26(11-7-24)32(51-30-18-14-28(15-19-30)38(40,41)42)22-23-47(5)34(37(3,4)46-53-36(50)35(48)49)33(27-12-8-25(2)9-13-27)52-31-20-16-29(17-21-31)39(43,44)45/h6-21,32-34,46H,22-23H2,1-5H3,(H,48,49). The van der Waals surface area contributed by atoms with Gasteiger partial charge in [-0.05, 0) is 94.4 Å². The number of ether oxygens (including phenoxy) is 2. The van der Waals surface area contributed by atoms with Crippen LogP contribution in [0.4, 0.5) is 26.3 Å². The molecule has 0 saturated heterocycles. The minimum absolute atomic E-state index is 0.100. The summed E-state index contributed by atoms with van der Waals surface area (Å²) < 4.78 is 92.6. The lowest BCUT2D eigenvalue weighted by Crippen LogP contribution is -2.60. The molecule has 0 fully saturated rings.